The molecule has 2 heterocycles. The predicted molar refractivity (Wildman–Crippen MR) is 68.7 cm³/mol. The van der Waals surface area contributed by atoms with Crippen LogP contribution in [0.2, 0.25) is 0 Å². The lowest BCUT2D eigenvalue weighted by Crippen LogP contribution is -2.01. The maximum absolute atomic E-state index is 5.32. The lowest BCUT2D eigenvalue weighted by molar-refractivity contribution is 0.429. The van der Waals surface area contributed by atoms with Gasteiger partial charge in [0, 0.05) is 26.5 Å². The second kappa shape index (κ2) is 5.81. The number of anilines is 1. The third-order valence-electron chi connectivity index (χ3n) is 2.18. The van der Waals surface area contributed by atoms with Gasteiger partial charge in [0.1, 0.15) is 16.7 Å². The van der Waals surface area contributed by atoms with E-state index in [-0.39, 0.29) is 0 Å². The van der Waals surface area contributed by atoms with Crippen LogP contribution in [0.1, 0.15) is 25.1 Å². The van der Waals surface area contributed by atoms with E-state index in [4.69, 9.17) is 4.42 Å². The Hall–Kier alpha value is -1.63. The van der Waals surface area contributed by atoms with E-state index < -0.39 is 0 Å². The highest BCUT2D eigenvalue weighted by Crippen LogP contribution is 2.26. The normalized spacial score (nSPS) is 10.6. The molecule has 0 aliphatic carbocycles. The molecule has 0 radical (unpaired) electrons. The van der Waals surface area contributed by atoms with Crippen molar-refractivity contribution in [3.8, 4) is 0 Å². The van der Waals surface area contributed by atoms with E-state index in [1.807, 2.05) is 13.1 Å². The van der Waals surface area contributed by atoms with Crippen molar-refractivity contribution in [3.63, 3.8) is 0 Å². The Morgan fingerprint density at radius 2 is 2.17 bits per heavy atom. The summed E-state index contributed by atoms with van der Waals surface area (Å²) in [5.41, 5.74) is 0. The van der Waals surface area contributed by atoms with Crippen LogP contribution in [0.4, 0.5) is 5.82 Å². The van der Waals surface area contributed by atoms with E-state index in [1.165, 1.54) is 11.8 Å². The SMILES string of the molecule is CCCc1nc(NC)cc(Sc2nnc(C)o2)n1. The first-order valence-electron chi connectivity index (χ1n) is 5.75. The highest BCUT2D eigenvalue weighted by atomic mass is 32.2. The van der Waals surface area contributed by atoms with E-state index in [0.717, 1.165) is 29.5 Å². The molecule has 96 valence electrons. The van der Waals surface area contributed by atoms with E-state index >= 15 is 0 Å². The average Bonchev–Trinajstić information content (AvgIpc) is 2.75. The van der Waals surface area contributed by atoms with Crippen LogP contribution >= 0.6 is 11.8 Å². The van der Waals surface area contributed by atoms with Gasteiger partial charge in [-0.25, -0.2) is 9.97 Å². The first-order chi connectivity index (χ1) is 8.71. The second-order valence-corrected chi connectivity index (χ2v) is 4.67. The van der Waals surface area contributed by atoms with Gasteiger partial charge in [-0.2, -0.15) is 0 Å². The van der Waals surface area contributed by atoms with Crippen LogP contribution in [0.3, 0.4) is 0 Å². The summed E-state index contributed by atoms with van der Waals surface area (Å²) in [6, 6.07) is 1.86. The fourth-order valence-electron chi connectivity index (χ4n) is 1.40. The van der Waals surface area contributed by atoms with Crippen molar-refractivity contribution in [1.82, 2.24) is 20.2 Å². The highest BCUT2D eigenvalue weighted by Gasteiger charge is 2.09. The second-order valence-electron chi connectivity index (χ2n) is 3.70. The fourth-order valence-corrected chi connectivity index (χ4v) is 2.14. The Kier molecular flexibility index (Phi) is 4.14. The number of aromatic nitrogens is 4. The molecule has 0 fully saturated rings. The third-order valence-corrected chi connectivity index (χ3v) is 2.94. The Balaban J connectivity index is 2.23. The zero-order chi connectivity index (χ0) is 13.0. The summed E-state index contributed by atoms with van der Waals surface area (Å²) in [6.07, 6.45) is 1.86. The number of hydrogen-bond donors (Lipinski definition) is 1. The van der Waals surface area contributed by atoms with Crippen LogP contribution in [0.15, 0.2) is 20.7 Å². The zero-order valence-corrected chi connectivity index (χ0v) is 11.4. The maximum Gasteiger partial charge on any atom is 0.282 e. The first-order valence-corrected chi connectivity index (χ1v) is 6.56. The molecule has 2 rings (SSSR count). The maximum atomic E-state index is 5.32. The molecular formula is C11H15N5OS. The smallest absolute Gasteiger partial charge is 0.282 e. The Morgan fingerprint density at radius 3 is 2.78 bits per heavy atom. The topological polar surface area (TPSA) is 76.7 Å². The van der Waals surface area contributed by atoms with Gasteiger partial charge in [-0.05, 0) is 18.2 Å². The summed E-state index contributed by atoms with van der Waals surface area (Å²) in [4.78, 5) is 8.85. The molecule has 0 aromatic carbocycles. The van der Waals surface area contributed by atoms with E-state index in [0.29, 0.717) is 11.1 Å². The van der Waals surface area contributed by atoms with E-state index in [2.05, 4.69) is 32.4 Å². The van der Waals surface area contributed by atoms with Crippen LogP contribution < -0.4 is 5.32 Å². The summed E-state index contributed by atoms with van der Waals surface area (Å²) in [5, 5.41) is 12.1. The van der Waals surface area contributed by atoms with Crippen LogP contribution in [0, 0.1) is 6.92 Å². The van der Waals surface area contributed by atoms with Gasteiger partial charge in [0.05, 0.1) is 0 Å². The van der Waals surface area contributed by atoms with Crippen molar-refractivity contribution < 1.29 is 4.42 Å². The summed E-state index contributed by atoms with van der Waals surface area (Å²) >= 11 is 1.35. The molecule has 0 spiro atoms. The molecule has 6 nitrogen and oxygen atoms in total. The summed E-state index contributed by atoms with van der Waals surface area (Å²) < 4.78 is 5.32. The quantitative estimate of drug-likeness (QED) is 0.831. The van der Waals surface area contributed by atoms with Gasteiger partial charge in [-0.15, -0.1) is 10.2 Å². The number of nitrogens with zero attached hydrogens (tertiary/aromatic N) is 4. The zero-order valence-electron chi connectivity index (χ0n) is 10.6. The number of rotatable bonds is 5. The Labute approximate surface area is 110 Å². The van der Waals surface area contributed by atoms with Gasteiger partial charge in [-0.1, -0.05) is 6.92 Å². The van der Waals surface area contributed by atoms with Crippen molar-refractivity contribution in [2.24, 2.45) is 0 Å². The largest absolute Gasteiger partial charge is 0.416 e. The van der Waals surface area contributed by atoms with Crippen LogP contribution in [0.25, 0.3) is 0 Å². The standard InChI is InChI=1S/C11H15N5OS/c1-4-5-8-13-9(12-3)6-10(14-8)18-11-16-15-7(2)17-11/h6H,4-5H2,1-3H3,(H,12,13,14). The van der Waals surface area contributed by atoms with E-state index in [1.54, 1.807) is 6.92 Å². The Bertz CT molecular complexity index is 528. The molecule has 1 N–H and O–H groups in total. The first kappa shape index (κ1) is 12.8. The molecule has 7 heteroatoms. The lowest BCUT2D eigenvalue weighted by atomic mass is 10.3. The van der Waals surface area contributed by atoms with Crippen LogP contribution in [-0.4, -0.2) is 27.2 Å². The molecule has 0 bridgehead atoms. The molecule has 0 saturated heterocycles. The number of nitrogens with one attached hydrogen (secondary N) is 1. The Morgan fingerprint density at radius 1 is 1.33 bits per heavy atom. The van der Waals surface area contributed by atoms with Crippen LogP contribution in [-0.2, 0) is 6.42 Å². The van der Waals surface area contributed by atoms with Gasteiger partial charge >= 0.3 is 0 Å². The van der Waals surface area contributed by atoms with Crippen molar-refractivity contribution in [3.05, 3.63) is 17.8 Å². The molecule has 2 aromatic heterocycles. The van der Waals surface area contributed by atoms with Gasteiger partial charge in [0.2, 0.25) is 5.89 Å². The molecule has 2 aromatic rings. The van der Waals surface area contributed by atoms with Crippen molar-refractivity contribution in [2.75, 3.05) is 12.4 Å². The monoisotopic (exact) mass is 265 g/mol. The average molecular weight is 265 g/mol. The minimum Gasteiger partial charge on any atom is -0.416 e. The molecule has 0 aliphatic rings. The molecule has 0 aliphatic heterocycles. The molecule has 0 atom stereocenters. The van der Waals surface area contributed by atoms with Gasteiger partial charge in [-0.3, -0.25) is 0 Å². The van der Waals surface area contributed by atoms with Crippen molar-refractivity contribution >= 4 is 17.6 Å². The minimum absolute atomic E-state index is 0.496. The number of aryl methyl sites for hydroxylation is 2. The highest BCUT2D eigenvalue weighted by molar-refractivity contribution is 7.99. The molecule has 18 heavy (non-hydrogen) atoms. The predicted octanol–water partition coefficient (Wildman–Crippen LogP) is 2.31. The third kappa shape index (κ3) is 3.19. The molecule has 0 saturated carbocycles. The molecular weight excluding hydrogens is 250 g/mol. The van der Waals surface area contributed by atoms with Crippen molar-refractivity contribution in [1.29, 1.82) is 0 Å². The van der Waals surface area contributed by atoms with Gasteiger partial charge in [0.15, 0.2) is 0 Å². The lowest BCUT2D eigenvalue weighted by Gasteiger charge is -2.05. The van der Waals surface area contributed by atoms with Crippen LogP contribution in [0.5, 0.6) is 0 Å². The van der Waals surface area contributed by atoms with Gasteiger partial charge < -0.3 is 9.73 Å². The van der Waals surface area contributed by atoms with Gasteiger partial charge in [0.25, 0.3) is 5.22 Å². The number of hydrogen-bond acceptors (Lipinski definition) is 7. The van der Waals surface area contributed by atoms with Crippen molar-refractivity contribution in [2.45, 2.75) is 36.9 Å². The summed E-state index contributed by atoms with van der Waals surface area (Å²) in [6.45, 7) is 3.86. The summed E-state index contributed by atoms with van der Waals surface area (Å²) in [5.74, 6) is 2.17. The van der Waals surface area contributed by atoms with E-state index in [9.17, 15) is 0 Å². The molecule has 0 amide bonds. The fraction of sp³-hybridized carbons (Fsp3) is 0.455. The minimum atomic E-state index is 0.496. The summed E-state index contributed by atoms with van der Waals surface area (Å²) in [7, 11) is 1.84. The molecule has 0 unspecified atom stereocenters.